The van der Waals surface area contributed by atoms with Gasteiger partial charge in [-0.25, -0.2) is 4.98 Å². The summed E-state index contributed by atoms with van der Waals surface area (Å²) in [4.78, 5) is 4.42. The zero-order valence-electron chi connectivity index (χ0n) is 10.7. The molecule has 4 nitrogen and oxygen atoms in total. The van der Waals surface area contributed by atoms with Crippen molar-refractivity contribution in [3.63, 3.8) is 0 Å². The van der Waals surface area contributed by atoms with Gasteiger partial charge in [0.25, 0.3) is 0 Å². The van der Waals surface area contributed by atoms with E-state index in [0.717, 1.165) is 11.5 Å². The van der Waals surface area contributed by atoms with Crippen LogP contribution in [0.4, 0.5) is 0 Å². The number of furan rings is 2. The molecule has 0 atom stereocenters. The maximum absolute atomic E-state index is 9.27. The summed E-state index contributed by atoms with van der Waals surface area (Å²) in [6.07, 6.45) is 3.29. The molecule has 0 aliphatic heterocycles. The molecule has 20 heavy (non-hydrogen) atoms. The molecular weight excluding hydrogens is 272 g/mol. The summed E-state index contributed by atoms with van der Waals surface area (Å²) in [5.74, 6) is 2.15. The Kier molecular flexibility index (Phi) is 3.23. The summed E-state index contributed by atoms with van der Waals surface area (Å²) < 4.78 is 10.7. The van der Waals surface area contributed by atoms with Gasteiger partial charge in [0, 0.05) is 11.5 Å². The Morgan fingerprint density at radius 1 is 1.40 bits per heavy atom. The average molecular weight is 282 g/mol. The Morgan fingerprint density at radius 3 is 2.95 bits per heavy atom. The lowest BCUT2D eigenvalue weighted by atomic mass is 10.2. The number of aryl methyl sites for hydroxylation is 1. The van der Waals surface area contributed by atoms with Crippen LogP contribution in [0.1, 0.15) is 16.5 Å². The summed E-state index contributed by atoms with van der Waals surface area (Å²) >= 11 is 1.40. The molecule has 0 N–H and O–H groups in total. The van der Waals surface area contributed by atoms with Crippen LogP contribution < -0.4 is 0 Å². The number of nitrogens with zero attached hydrogens (tertiary/aromatic N) is 2. The molecule has 0 saturated heterocycles. The molecule has 0 aliphatic rings. The van der Waals surface area contributed by atoms with Crippen LogP contribution in [0.5, 0.6) is 0 Å². The van der Waals surface area contributed by atoms with E-state index in [1.54, 1.807) is 18.4 Å². The molecule has 3 aromatic rings. The Hall–Kier alpha value is -2.58. The average Bonchev–Trinajstić information content (AvgIpc) is 3.17. The first kappa shape index (κ1) is 12.5. The third kappa shape index (κ3) is 2.42. The monoisotopic (exact) mass is 282 g/mol. The second-order valence-electron chi connectivity index (χ2n) is 4.13. The van der Waals surface area contributed by atoms with Crippen molar-refractivity contribution in [1.82, 2.24) is 4.98 Å². The predicted molar refractivity (Wildman–Crippen MR) is 76.7 cm³/mol. The van der Waals surface area contributed by atoms with Crippen LogP contribution >= 0.6 is 11.3 Å². The first-order valence-corrected chi connectivity index (χ1v) is 6.82. The highest BCUT2D eigenvalue weighted by atomic mass is 32.1. The number of hydrogen-bond acceptors (Lipinski definition) is 5. The normalized spacial score (nSPS) is 11.5. The van der Waals surface area contributed by atoms with Gasteiger partial charge in [-0.3, -0.25) is 0 Å². The molecule has 3 rings (SSSR count). The van der Waals surface area contributed by atoms with Gasteiger partial charge in [-0.05, 0) is 31.2 Å². The van der Waals surface area contributed by atoms with E-state index in [2.05, 4.69) is 11.1 Å². The molecule has 0 fully saturated rings. The third-order valence-electron chi connectivity index (χ3n) is 2.68. The van der Waals surface area contributed by atoms with Gasteiger partial charge >= 0.3 is 0 Å². The molecule has 98 valence electrons. The van der Waals surface area contributed by atoms with E-state index in [1.807, 2.05) is 30.5 Å². The number of aromatic nitrogens is 1. The summed E-state index contributed by atoms with van der Waals surface area (Å²) in [5.41, 5.74) is 1.20. The van der Waals surface area contributed by atoms with E-state index in [-0.39, 0.29) is 0 Å². The molecule has 0 amide bonds. The largest absolute Gasteiger partial charge is 0.463 e. The topological polar surface area (TPSA) is 63.0 Å². The second-order valence-corrected chi connectivity index (χ2v) is 4.99. The number of hydrogen-bond donors (Lipinski definition) is 0. The van der Waals surface area contributed by atoms with Gasteiger partial charge < -0.3 is 8.83 Å². The molecule has 0 aromatic carbocycles. The zero-order valence-corrected chi connectivity index (χ0v) is 11.5. The molecule has 0 unspecified atom stereocenters. The fraction of sp³-hybridized carbons (Fsp3) is 0.0667. The third-order valence-corrected chi connectivity index (χ3v) is 3.55. The summed E-state index contributed by atoms with van der Waals surface area (Å²) in [6, 6.07) is 9.48. The summed E-state index contributed by atoms with van der Waals surface area (Å²) in [5, 5.41) is 11.8. The summed E-state index contributed by atoms with van der Waals surface area (Å²) in [6.45, 7) is 1.86. The minimum Gasteiger partial charge on any atom is -0.463 e. The van der Waals surface area contributed by atoms with Crippen molar-refractivity contribution in [1.29, 1.82) is 5.26 Å². The summed E-state index contributed by atoms with van der Waals surface area (Å²) in [7, 11) is 0. The predicted octanol–water partition coefficient (Wildman–Crippen LogP) is 4.37. The van der Waals surface area contributed by atoms with Crippen LogP contribution in [0.25, 0.3) is 23.1 Å². The highest BCUT2D eigenvalue weighted by Crippen LogP contribution is 2.27. The van der Waals surface area contributed by atoms with E-state index >= 15 is 0 Å². The van der Waals surface area contributed by atoms with Crippen molar-refractivity contribution in [3.05, 3.63) is 52.4 Å². The van der Waals surface area contributed by atoms with E-state index in [9.17, 15) is 5.26 Å². The minimum atomic E-state index is 0.474. The van der Waals surface area contributed by atoms with Crippen LogP contribution in [0.2, 0.25) is 0 Å². The van der Waals surface area contributed by atoms with E-state index in [0.29, 0.717) is 22.1 Å². The smallest absolute Gasteiger partial charge is 0.153 e. The van der Waals surface area contributed by atoms with Gasteiger partial charge in [0.05, 0.1) is 11.8 Å². The van der Waals surface area contributed by atoms with Crippen molar-refractivity contribution in [3.8, 4) is 17.5 Å². The SMILES string of the molecule is Cc1ccc(/C=C(\C#N)c2nc(-c3ccco3)cs2)o1. The minimum absolute atomic E-state index is 0.474. The maximum Gasteiger partial charge on any atom is 0.153 e. The van der Waals surface area contributed by atoms with Crippen molar-refractivity contribution in [2.24, 2.45) is 0 Å². The first-order valence-electron chi connectivity index (χ1n) is 5.94. The molecule has 3 heterocycles. The zero-order chi connectivity index (χ0) is 13.9. The van der Waals surface area contributed by atoms with Crippen molar-refractivity contribution >= 4 is 23.0 Å². The van der Waals surface area contributed by atoms with Crippen LogP contribution in [0.15, 0.2) is 44.7 Å². The maximum atomic E-state index is 9.27. The van der Waals surface area contributed by atoms with Crippen molar-refractivity contribution < 1.29 is 8.83 Å². The Labute approximate surface area is 119 Å². The fourth-order valence-electron chi connectivity index (χ4n) is 1.75. The highest BCUT2D eigenvalue weighted by Gasteiger charge is 2.11. The van der Waals surface area contributed by atoms with Crippen LogP contribution in [0.3, 0.4) is 0 Å². The molecule has 0 aliphatic carbocycles. The van der Waals surface area contributed by atoms with Crippen LogP contribution in [-0.4, -0.2) is 4.98 Å². The Balaban J connectivity index is 1.95. The molecule has 0 radical (unpaired) electrons. The van der Waals surface area contributed by atoms with Gasteiger partial charge in [0.1, 0.15) is 28.3 Å². The van der Waals surface area contributed by atoms with Crippen molar-refractivity contribution in [2.75, 3.05) is 0 Å². The Morgan fingerprint density at radius 2 is 2.30 bits per heavy atom. The van der Waals surface area contributed by atoms with Crippen LogP contribution in [0, 0.1) is 18.3 Å². The molecule has 0 saturated carbocycles. The van der Waals surface area contributed by atoms with Crippen LogP contribution in [-0.2, 0) is 0 Å². The van der Waals surface area contributed by atoms with Gasteiger partial charge in [0.2, 0.25) is 0 Å². The number of rotatable bonds is 3. The van der Waals surface area contributed by atoms with E-state index < -0.39 is 0 Å². The fourth-order valence-corrected chi connectivity index (χ4v) is 2.52. The first-order chi connectivity index (χ1) is 9.76. The number of thiazole rings is 1. The van der Waals surface area contributed by atoms with Gasteiger partial charge in [-0.15, -0.1) is 11.3 Å². The standard InChI is InChI=1S/C15H10N2O2S/c1-10-4-5-12(19-10)7-11(8-16)15-17-13(9-20-15)14-3-2-6-18-14/h2-7,9H,1H3/b11-7+. The molecule has 3 aromatic heterocycles. The second kappa shape index (κ2) is 5.19. The van der Waals surface area contributed by atoms with E-state index in [4.69, 9.17) is 8.83 Å². The Bertz CT molecular complexity index is 788. The highest BCUT2D eigenvalue weighted by molar-refractivity contribution is 7.11. The number of nitriles is 1. The molecule has 0 spiro atoms. The quantitative estimate of drug-likeness (QED) is 0.669. The molecular formula is C15H10N2O2S. The number of allylic oxidation sites excluding steroid dienone is 1. The van der Waals surface area contributed by atoms with Crippen molar-refractivity contribution in [2.45, 2.75) is 6.92 Å². The van der Waals surface area contributed by atoms with Gasteiger partial charge in [0.15, 0.2) is 5.76 Å². The lowest BCUT2D eigenvalue weighted by Gasteiger charge is -1.92. The van der Waals surface area contributed by atoms with Gasteiger partial charge in [-0.1, -0.05) is 0 Å². The molecule has 5 heteroatoms. The lowest BCUT2D eigenvalue weighted by Crippen LogP contribution is -1.81. The molecule has 0 bridgehead atoms. The van der Waals surface area contributed by atoms with E-state index in [1.165, 1.54) is 11.3 Å². The lowest BCUT2D eigenvalue weighted by molar-refractivity contribution is 0.525. The van der Waals surface area contributed by atoms with Gasteiger partial charge in [-0.2, -0.15) is 5.26 Å².